The van der Waals surface area contributed by atoms with Gasteiger partial charge in [0.15, 0.2) is 0 Å². The Morgan fingerprint density at radius 3 is 2.55 bits per heavy atom. The topological polar surface area (TPSA) is 58.6 Å². The maximum absolute atomic E-state index is 10.5. The molecule has 0 saturated heterocycles. The number of carbonyl (C=O) groups is 1. The highest BCUT2D eigenvalue weighted by Gasteiger charge is 2.11. The van der Waals surface area contributed by atoms with Crippen molar-refractivity contribution < 1.29 is 14.6 Å². The van der Waals surface area contributed by atoms with Gasteiger partial charge in [0, 0.05) is 6.54 Å². The molecule has 66 valence electrons. The first-order valence-electron chi connectivity index (χ1n) is 3.45. The van der Waals surface area contributed by atoms with Crippen LogP contribution >= 0.6 is 0 Å². The molecule has 4 nitrogen and oxygen atoms in total. The molecule has 0 aliphatic rings. The molecule has 0 rings (SSSR count). The van der Waals surface area contributed by atoms with Crippen LogP contribution in [0.5, 0.6) is 0 Å². The largest absolute Gasteiger partial charge is 0.468 e. The summed E-state index contributed by atoms with van der Waals surface area (Å²) in [6, 6.07) is 0. The van der Waals surface area contributed by atoms with Crippen LogP contribution in [0.15, 0.2) is 0 Å². The highest BCUT2D eigenvalue weighted by molar-refractivity contribution is 5.71. The zero-order chi connectivity index (χ0) is 8.91. The van der Waals surface area contributed by atoms with Crippen molar-refractivity contribution in [1.29, 1.82) is 0 Å². The highest BCUT2D eigenvalue weighted by Crippen LogP contribution is 1.96. The van der Waals surface area contributed by atoms with E-state index >= 15 is 0 Å². The second-order valence-corrected chi connectivity index (χ2v) is 2.99. The fourth-order valence-electron chi connectivity index (χ4n) is 0.543. The van der Waals surface area contributed by atoms with Crippen LogP contribution < -0.4 is 5.32 Å². The van der Waals surface area contributed by atoms with Gasteiger partial charge in [-0.2, -0.15) is 0 Å². The van der Waals surface area contributed by atoms with Crippen molar-refractivity contribution >= 4 is 5.97 Å². The number of methoxy groups -OCH3 is 1. The standard InChI is InChI=1S/C7H15NO3/c1-7(2,10)5-8-4-6(9)11-3/h8,10H,4-5H2,1-3H3. The van der Waals surface area contributed by atoms with Gasteiger partial charge in [-0.15, -0.1) is 0 Å². The summed E-state index contributed by atoms with van der Waals surface area (Å²) < 4.78 is 4.38. The lowest BCUT2D eigenvalue weighted by atomic mass is 10.1. The van der Waals surface area contributed by atoms with Crippen LogP contribution in [0.1, 0.15) is 13.8 Å². The van der Waals surface area contributed by atoms with Gasteiger partial charge < -0.3 is 15.2 Å². The zero-order valence-corrected chi connectivity index (χ0v) is 7.18. The molecule has 0 amide bonds. The quantitative estimate of drug-likeness (QED) is 0.547. The number of aliphatic hydroxyl groups is 1. The molecule has 0 spiro atoms. The third kappa shape index (κ3) is 7.29. The normalized spacial score (nSPS) is 11.3. The average Bonchev–Trinajstić information content (AvgIpc) is 1.85. The minimum Gasteiger partial charge on any atom is -0.468 e. The van der Waals surface area contributed by atoms with E-state index in [0.29, 0.717) is 6.54 Å². The number of hydrogen-bond donors (Lipinski definition) is 2. The predicted molar refractivity (Wildman–Crippen MR) is 41.2 cm³/mol. The van der Waals surface area contributed by atoms with Crippen molar-refractivity contribution in [2.45, 2.75) is 19.4 Å². The Hall–Kier alpha value is -0.610. The monoisotopic (exact) mass is 161 g/mol. The number of nitrogens with one attached hydrogen (secondary N) is 1. The Balaban J connectivity index is 3.35. The molecule has 0 saturated carbocycles. The molecule has 0 aromatic heterocycles. The van der Waals surface area contributed by atoms with Gasteiger partial charge in [-0.3, -0.25) is 4.79 Å². The summed E-state index contributed by atoms with van der Waals surface area (Å²) in [5.41, 5.74) is -0.784. The number of carbonyl (C=O) groups excluding carboxylic acids is 1. The van der Waals surface area contributed by atoms with Crippen molar-refractivity contribution in [2.75, 3.05) is 20.2 Å². The van der Waals surface area contributed by atoms with Gasteiger partial charge in [-0.1, -0.05) is 0 Å². The third-order valence-corrected chi connectivity index (χ3v) is 1.05. The number of ether oxygens (including phenoxy) is 1. The molecular weight excluding hydrogens is 146 g/mol. The summed E-state index contributed by atoms with van der Waals surface area (Å²) in [7, 11) is 1.33. The van der Waals surface area contributed by atoms with Crippen LogP contribution in [-0.2, 0) is 9.53 Å². The van der Waals surface area contributed by atoms with Crippen LogP contribution in [0.4, 0.5) is 0 Å². The summed E-state index contributed by atoms with van der Waals surface area (Å²) in [5.74, 6) is -0.325. The first-order chi connectivity index (χ1) is 4.95. The Morgan fingerprint density at radius 1 is 1.64 bits per heavy atom. The van der Waals surface area contributed by atoms with E-state index in [9.17, 15) is 9.90 Å². The number of hydrogen-bond acceptors (Lipinski definition) is 4. The first kappa shape index (κ1) is 10.4. The maximum atomic E-state index is 10.5. The second kappa shape index (κ2) is 4.31. The van der Waals surface area contributed by atoms with Gasteiger partial charge in [0.05, 0.1) is 19.3 Å². The highest BCUT2D eigenvalue weighted by atomic mass is 16.5. The summed E-state index contributed by atoms with van der Waals surface area (Å²) in [6.07, 6.45) is 0. The Kier molecular flexibility index (Phi) is 4.07. The molecule has 0 heterocycles. The van der Waals surface area contributed by atoms with E-state index in [2.05, 4.69) is 10.1 Å². The van der Waals surface area contributed by atoms with Crippen LogP contribution in [-0.4, -0.2) is 36.9 Å². The maximum Gasteiger partial charge on any atom is 0.319 e. The van der Waals surface area contributed by atoms with Crippen molar-refractivity contribution in [3.8, 4) is 0 Å². The molecular formula is C7H15NO3. The van der Waals surface area contributed by atoms with E-state index in [4.69, 9.17) is 0 Å². The van der Waals surface area contributed by atoms with Gasteiger partial charge >= 0.3 is 5.97 Å². The lowest BCUT2D eigenvalue weighted by molar-refractivity contribution is -0.139. The lowest BCUT2D eigenvalue weighted by Crippen LogP contribution is -2.37. The molecule has 0 bridgehead atoms. The molecule has 0 aliphatic carbocycles. The Bertz CT molecular complexity index is 128. The summed E-state index contributed by atoms with van der Waals surface area (Å²) in [6.45, 7) is 3.84. The molecule has 2 N–H and O–H groups in total. The van der Waals surface area contributed by atoms with Crippen LogP contribution in [0, 0.1) is 0 Å². The summed E-state index contributed by atoms with van der Waals surface area (Å²) in [4.78, 5) is 10.5. The van der Waals surface area contributed by atoms with Gasteiger partial charge in [0.25, 0.3) is 0 Å². The predicted octanol–water partition coefficient (Wildman–Crippen LogP) is -0.480. The minimum absolute atomic E-state index is 0.139. The fourth-order valence-corrected chi connectivity index (χ4v) is 0.543. The van der Waals surface area contributed by atoms with Crippen molar-refractivity contribution in [3.05, 3.63) is 0 Å². The third-order valence-electron chi connectivity index (χ3n) is 1.05. The lowest BCUT2D eigenvalue weighted by Gasteiger charge is -2.16. The van der Waals surface area contributed by atoms with E-state index < -0.39 is 5.60 Å². The number of esters is 1. The van der Waals surface area contributed by atoms with Crippen LogP contribution in [0.3, 0.4) is 0 Å². The molecule has 0 fully saturated rings. The van der Waals surface area contributed by atoms with E-state index in [1.54, 1.807) is 13.8 Å². The molecule has 0 aromatic rings. The van der Waals surface area contributed by atoms with E-state index in [-0.39, 0.29) is 12.5 Å². The fraction of sp³-hybridized carbons (Fsp3) is 0.857. The summed E-state index contributed by atoms with van der Waals surface area (Å²) in [5, 5.41) is 11.9. The molecule has 0 aromatic carbocycles. The zero-order valence-electron chi connectivity index (χ0n) is 7.18. The van der Waals surface area contributed by atoms with Gasteiger partial charge in [0.2, 0.25) is 0 Å². The molecule has 11 heavy (non-hydrogen) atoms. The Labute approximate surface area is 66.5 Å². The summed E-state index contributed by atoms with van der Waals surface area (Å²) >= 11 is 0. The second-order valence-electron chi connectivity index (χ2n) is 2.99. The van der Waals surface area contributed by atoms with E-state index in [0.717, 1.165) is 0 Å². The smallest absolute Gasteiger partial charge is 0.319 e. The van der Waals surface area contributed by atoms with Crippen LogP contribution in [0.2, 0.25) is 0 Å². The molecule has 0 radical (unpaired) electrons. The number of rotatable bonds is 4. The minimum atomic E-state index is -0.784. The van der Waals surface area contributed by atoms with Gasteiger partial charge in [-0.05, 0) is 13.8 Å². The van der Waals surface area contributed by atoms with Crippen molar-refractivity contribution in [1.82, 2.24) is 5.32 Å². The molecule has 0 atom stereocenters. The van der Waals surface area contributed by atoms with Gasteiger partial charge in [-0.25, -0.2) is 0 Å². The van der Waals surface area contributed by atoms with E-state index in [1.807, 2.05) is 0 Å². The van der Waals surface area contributed by atoms with Crippen LogP contribution in [0.25, 0.3) is 0 Å². The van der Waals surface area contributed by atoms with Crippen molar-refractivity contribution in [3.63, 3.8) is 0 Å². The van der Waals surface area contributed by atoms with Gasteiger partial charge in [0.1, 0.15) is 0 Å². The Morgan fingerprint density at radius 2 is 2.18 bits per heavy atom. The molecule has 0 aliphatic heterocycles. The SMILES string of the molecule is COC(=O)CNCC(C)(C)O. The average molecular weight is 161 g/mol. The molecule has 0 unspecified atom stereocenters. The molecule has 4 heteroatoms. The first-order valence-corrected chi connectivity index (χ1v) is 3.45. The van der Waals surface area contributed by atoms with E-state index in [1.165, 1.54) is 7.11 Å². The van der Waals surface area contributed by atoms with Crippen molar-refractivity contribution in [2.24, 2.45) is 0 Å².